The van der Waals surface area contributed by atoms with Gasteiger partial charge >= 0.3 is 6.61 Å². The molecule has 0 unspecified atom stereocenters. The highest BCUT2D eigenvalue weighted by molar-refractivity contribution is 6.68. The van der Waals surface area contributed by atoms with Crippen LogP contribution in [0, 0.1) is 0 Å². The summed E-state index contributed by atoms with van der Waals surface area (Å²) in [5.41, 5.74) is 2.23. The smallest absolute Gasteiger partial charge is 0.387 e. The largest absolute Gasteiger partial charge is 0.435 e. The Morgan fingerprint density at radius 1 is 1.13 bits per heavy atom. The lowest BCUT2D eigenvalue weighted by Crippen LogP contribution is -2.29. The van der Waals surface area contributed by atoms with Gasteiger partial charge in [0, 0.05) is 18.2 Å². The van der Waals surface area contributed by atoms with Gasteiger partial charge in [-0.15, -0.1) is 0 Å². The lowest BCUT2D eigenvalue weighted by atomic mass is 10.1. The zero-order valence-electron chi connectivity index (χ0n) is 15.9. The molecule has 0 aromatic heterocycles. The van der Waals surface area contributed by atoms with Crippen molar-refractivity contribution in [2.45, 2.75) is 26.4 Å². The summed E-state index contributed by atoms with van der Waals surface area (Å²) in [5, 5.41) is 18.3. The van der Waals surface area contributed by atoms with Gasteiger partial charge in [-0.2, -0.15) is 13.9 Å². The van der Waals surface area contributed by atoms with Crippen LogP contribution in [0.25, 0.3) is 0 Å². The van der Waals surface area contributed by atoms with E-state index >= 15 is 0 Å². The predicted molar refractivity (Wildman–Crippen MR) is 104 cm³/mol. The second-order valence-electron chi connectivity index (χ2n) is 6.08. The SMILES string of the molecule is CC(=NNc1ccc(OC(F)F)cc1)C(=NO)C(=O)Nc1cccc(C(C)(F)F)c1. The van der Waals surface area contributed by atoms with E-state index in [2.05, 4.69) is 25.7 Å². The molecule has 0 aliphatic heterocycles. The minimum absolute atomic E-state index is 0.0279. The third-order valence-corrected chi connectivity index (χ3v) is 3.72. The molecule has 3 N–H and O–H groups in total. The Labute approximate surface area is 169 Å². The molecule has 0 saturated carbocycles. The van der Waals surface area contributed by atoms with Crippen molar-refractivity contribution in [1.29, 1.82) is 0 Å². The van der Waals surface area contributed by atoms with E-state index < -0.39 is 24.2 Å². The number of carbonyl (C=O) groups is 1. The van der Waals surface area contributed by atoms with Crippen molar-refractivity contribution in [3.8, 4) is 5.75 Å². The second kappa shape index (κ2) is 9.72. The van der Waals surface area contributed by atoms with Gasteiger partial charge in [0.1, 0.15) is 5.75 Å². The predicted octanol–water partition coefficient (Wildman–Crippen LogP) is 4.66. The summed E-state index contributed by atoms with van der Waals surface area (Å²) in [4.78, 5) is 12.3. The number of benzene rings is 2. The molecule has 1 amide bonds. The van der Waals surface area contributed by atoms with Crippen molar-refractivity contribution in [3.63, 3.8) is 0 Å². The fraction of sp³-hybridized carbons (Fsp3) is 0.211. The van der Waals surface area contributed by atoms with E-state index in [1.165, 1.54) is 49.4 Å². The molecule has 0 fully saturated rings. The quantitative estimate of drug-likeness (QED) is 0.248. The first-order valence-corrected chi connectivity index (χ1v) is 8.47. The molecule has 11 heteroatoms. The fourth-order valence-corrected chi connectivity index (χ4v) is 2.25. The number of halogens is 4. The number of ether oxygens (including phenoxy) is 1. The zero-order valence-corrected chi connectivity index (χ0v) is 15.9. The number of carbonyl (C=O) groups excluding carboxylic acids is 1. The minimum atomic E-state index is -3.09. The summed E-state index contributed by atoms with van der Waals surface area (Å²) in [5.74, 6) is -4.02. The van der Waals surface area contributed by atoms with Crippen LogP contribution in [0.5, 0.6) is 5.75 Å². The molecule has 2 aromatic rings. The number of oxime groups is 1. The molecule has 0 spiro atoms. The number of alkyl halides is 4. The highest BCUT2D eigenvalue weighted by atomic mass is 19.3. The van der Waals surface area contributed by atoms with Crippen molar-refractivity contribution in [2.24, 2.45) is 10.3 Å². The molecule has 0 aliphatic carbocycles. The highest BCUT2D eigenvalue weighted by Crippen LogP contribution is 2.28. The molecule has 0 heterocycles. The van der Waals surface area contributed by atoms with Crippen LogP contribution in [-0.2, 0) is 10.7 Å². The molecule has 0 radical (unpaired) electrons. The van der Waals surface area contributed by atoms with Crippen molar-refractivity contribution in [1.82, 2.24) is 0 Å². The first-order valence-electron chi connectivity index (χ1n) is 8.47. The van der Waals surface area contributed by atoms with E-state index in [1.807, 2.05) is 0 Å². The zero-order chi connectivity index (χ0) is 22.3. The van der Waals surface area contributed by atoms with Crippen LogP contribution < -0.4 is 15.5 Å². The van der Waals surface area contributed by atoms with E-state index in [0.717, 1.165) is 13.0 Å². The monoisotopic (exact) mass is 426 g/mol. The van der Waals surface area contributed by atoms with Crippen LogP contribution in [0.15, 0.2) is 58.8 Å². The minimum Gasteiger partial charge on any atom is -0.435 e. The normalized spacial score (nSPS) is 12.6. The van der Waals surface area contributed by atoms with Crippen LogP contribution in [0.4, 0.5) is 28.9 Å². The Morgan fingerprint density at radius 2 is 1.80 bits per heavy atom. The van der Waals surface area contributed by atoms with E-state index in [9.17, 15) is 22.4 Å². The van der Waals surface area contributed by atoms with E-state index in [4.69, 9.17) is 5.21 Å². The maximum absolute atomic E-state index is 13.4. The lowest BCUT2D eigenvalue weighted by molar-refractivity contribution is -0.110. The molecule has 7 nitrogen and oxygen atoms in total. The van der Waals surface area contributed by atoms with Gasteiger partial charge in [-0.05, 0) is 43.3 Å². The van der Waals surface area contributed by atoms with Crippen molar-refractivity contribution >= 4 is 28.7 Å². The van der Waals surface area contributed by atoms with Crippen LogP contribution >= 0.6 is 0 Å². The van der Waals surface area contributed by atoms with Crippen molar-refractivity contribution in [3.05, 3.63) is 54.1 Å². The summed E-state index contributed by atoms with van der Waals surface area (Å²) in [6.45, 7) is -0.856. The Morgan fingerprint density at radius 3 is 2.37 bits per heavy atom. The molecule has 2 aromatic carbocycles. The highest BCUT2D eigenvalue weighted by Gasteiger charge is 2.25. The Bertz CT molecular complexity index is 942. The van der Waals surface area contributed by atoms with Gasteiger partial charge in [-0.25, -0.2) is 8.78 Å². The molecular formula is C19H18F4N4O3. The summed E-state index contributed by atoms with van der Waals surface area (Å²) in [7, 11) is 0. The molecular weight excluding hydrogens is 408 g/mol. The fourth-order valence-electron chi connectivity index (χ4n) is 2.25. The molecule has 2 rings (SSSR count). The third kappa shape index (κ3) is 6.47. The first kappa shape index (κ1) is 22.7. The van der Waals surface area contributed by atoms with Gasteiger partial charge < -0.3 is 15.3 Å². The van der Waals surface area contributed by atoms with Gasteiger partial charge in [-0.3, -0.25) is 10.2 Å². The molecule has 160 valence electrons. The van der Waals surface area contributed by atoms with Gasteiger partial charge in [0.2, 0.25) is 0 Å². The topological polar surface area (TPSA) is 95.3 Å². The van der Waals surface area contributed by atoms with Gasteiger partial charge in [0.15, 0.2) is 5.71 Å². The van der Waals surface area contributed by atoms with E-state index in [-0.39, 0.29) is 22.7 Å². The summed E-state index contributed by atoms with van der Waals surface area (Å²) in [6.07, 6.45) is 0. The average Bonchev–Trinajstić information content (AvgIpc) is 2.67. The molecule has 0 aliphatic rings. The standard InChI is InChI=1S/C19H18F4N4O3/c1-11(25-26-13-6-8-15(9-7-13)30-18(20)21)16(27-29)17(28)24-14-5-3-4-12(10-14)19(2,22)23/h3-10,18,26,29H,1-2H3,(H,24,28). The van der Waals surface area contributed by atoms with Crippen LogP contribution in [-0.4, -0.2) is 29.1 Å². The Hall–Kier alpha value is -3.63. The summed E-state index contributed by atoms with van der Waals surface area (Å²) < 4.78 is 55.4. The maximum atomic E-state index is 13.4. The summed E-state index contributed by atoms with van der Waals surface area (Å²) >= 11 is 0. The molecule has 0 bridgehead atoms. The number of anilines is 2. The van der Waals surface area contributed by atoms with Crippen molar-refractivity contribution < 1.29 is 32.3 Å². The number of hydrogen-bond donors (Lipinski definition) is 3. The van der Waals surface area contributed by atoms with Crippen LogP contribution in [0.1, 0.15) is 19.4 Å². The third-order valence-electron chi connectivity index (χ3n) is 3.72. The summed E-state index contributed by atoms with van der Waals surface area (Å²) in [6, 6.07) is 10.4. The number of rotatable bonds is 8. The molecule has 0 saturated heterocycles. The van der Waals surface area contributed by atoms with Crippen LogP contribution in [0.2, 0.25) is 0 Å². The number of nitrogens with one attached hydrogen (secondary N) is 2. The van der Waals surface area contributed by atoms with Gasteiger partial charge in [-0.1, -0.05) is 17.3 Å². The maximum Gasteiger partial charge on any atom is 0.387 e. The van der Waals surface area contributed by atoms with E-state index in [0.29, 0.717) is 5.69 Å². The number of amides is 1. The lowest BCUT2D eigenvalue weighted by Gasteiger charge is -2.13. The second-order valence-corrected chi connectivity index (χ2v) is 6.08. The van der Waals surface area contributed by atoms with E-state index in [1.54, 1.807) is 0 Å². The van der Waals surface area contributed by atoms with Crippen molar-refractivity contribution in [2.75, 3.05) is 10.7 Å². The Balaban J connectivity index is 2.06. The number of hydrazone groups is 1. The average molecular weight is 426 g/mol. The molecule has 30 heavy (non-hydrogen) atoms. The molecule has 0 atom stereocenters. The van der Waals surface area contributed by atoms with Gasteiger partial charge in [0.25, 0.3) is 11.8 Å². The number of hydrogen-bond acceptors (Lipinski definition) is 6. The number of nitrogens with zero attached hydrogens (tertiary/aromatic N) is 2. The first-order chi connectivity index (χ1) is 14.1. The van der Waals surface area contributed by atoms with Gasteiger partial charge in [0.05, 0.1) is 11.4 Å². The van der Waals surface area contributed by atoms with Crippen LogP contribution in [0.3, 0.4) is 0 Å². The Kier molecular flexibility index (Phi) is 7.34.